The van der Waals surface area contributed by atoms with Crippen LogP contribution in [0.1, 0.15) is 17.9 Å². The van der Waals surface area contributed by atoms with Crippen molar-refractivity contribution in [2.75, 3.05) is 13.1 Å². The van der Waals surface area contributed by atoms with Gasteiger partial charge in [-0.2, -0.15) is 0 Å². The predicted molar refractivity (Wildman–Crippen MR) is 56.7 cm³/mol. The highest BCUT2D eigenvalue weighted by molar-refractivity contribution is 6.33. The van der Waals surface area contributed by atoms with Crippen molar-refractivity contribution in [2.45, 2.75) is 12.3 Å². The van der Waals surface area contributed by atoms with Gasteiger partial charge in [0.15, 0.2) is 0 Å². The second kappa shape index (κ2) is 3.87. The van der Waals surface area contributed by atoms with E-state index in [0.29, 0.717) is 5.92 Å². The molecular weight excluding hydrogens is 205 g/mol. The largest absolute Gasteiger partial charge is 0.316 e. The van der Waals surface area contributed by atoms with Gasteiger partial charge in [0, 0.05) is 16.6 Å². The summed E-state index contributed by atoms with van der Waals surface area (Å²) >= 11 is 12.0. The molecule has 1 N–H and O–H groups in total. The van der Waals surface area contributed by atoms with E-state index in [-0.39, 0.29) is 0 Å². The van der Waals surface area contributed by atoms with Crippen LogP contribution in [-0.4, -0.2) is 13.1 Å². The Hall–Kier alpha value is -0.240. The first-order valence-corrected chi connectivity index (χ1v) is 5.18. The molecule has 1 aromatic rings. The van der Waals surface area contributed by atoms with E-state index in [1.807, 2.05) is 18.2 Å². The Morgan fingerprint density at radius 1 is 1.31 bits per heavy atom. The lowest BCUT2D eigenvalue weighted by molar-refractivity contribution is 0.764. The highest BCUT2D eigenvalue weighted by atomic mass is 35.5. The van der Waals surface area contributed by atoms with Crippen molar-refractivity contribution in [2.24, 2.45) is 0 Å². The van der Waals surface area contributed by atoms with E-state index in [9.17, 15) is 0 Å². The molecule has 0 aromatic heterocycles. The summed E-state index contributed by atoms with van der Waals surface area (Å²) in [6.07, 6.45) is 1.15. The number of nitrogens with one attached hydrogen (secondary N) is 1. The van der Waals surface area contributed by atoms with Crippen LogP contribution in [0.5, 0.6) is 0 Å². The van der Waals surface area contributed by atoms with Gasteiger partial charge in [0.2, 0.25) is 0 Å². The zero-order valence-corrected chi connectivity index (χ0v) is 8.70. The minimum atomic E-state index is 0.534. The van der Waals surface area contributed by atoms with Crippen molar-refractivity contribution in [3.63, 3.8) is 0 Å². The van der Waals surface area contributed by atoms with E-state index in [4.69, 9.17) is 23.2 Å². The van der Waals surface area contributed by atoms with Gasteiger partial charge in [-0.1, -0.05) is 23.2 Å². The van der Waals surface area contributed by atoms with Crippen molar-refractivity contribution < 1.29 is 0 Å². The van der Waals surface area contributed by atoms with Crippen LogP contribution in [0.25, 0.3) is 0 Å². The molecule has 2 rings (SSSR count). The van der Waals surface area contributed by atoms with Gasteiger partial charge in [-0.3, -0.25) is 0 Å². The number of rotatable bonds is 1. The average molecular weight is 216 g/mol. The topological polar surface area (TPSA) is 12.0 Å². The maximum Gasteiger partial charge on any atom is 0.0442 e. The molecule has 0 unspecified atom stereocenters. The fourth-order valence-electron chi connectivity index (χ4n) is 1.75. The monoisotopic (exact) mass is 215 g/mol. The highest BCUT2D eigenvalue weighted by Gasteiger charge is 2.18. The van der Waals surface area contributed by atoms with E-state index in [2.05, 4.69) is 5.32 Å². The second-order valence-electron chi connectivity index (χ2n) is 3.36. The SMILES string of the molecule is Clc1ccc(Cl)c([C@H]2CCNC2)c1. The molecule has 1 saturated heterocycles. The summed E-state index contributed by atoms with van der Waals surface area (Å²) in [5.74, 6) is 0.534. The van der Waals surface area contributed by atoms with Crippen LogP contribution in [0.15, 0.2) is 18.2 Å². The van der Waals surface area contributed by atoms with E-state index in [1.54, 1.807) is 0 Å². The minimum absolute atomic E-state index is 0.534. The van der Waals surface area contributed by atoms with E-state index < -0.39 is 0 Å². The smallest absolute Gasteiger partial charge is 0.0442 e. The maximum atomic E-state index is 6.09. The van der Waals surface area contributed by atoms with Crippen molar-refractivity contribution in [3.8, 4) is 0 Å². The molecule has 1 aromatic carbocycles. The molecule has 70 valence electrons. The highest BCUT2D eigenvalue weighted by Crippen LogP contribution is 2.30. The first-order valence-electron chi connectivity index (χ1n) is 4.43. The number of hydrogen-bond acceptors (Lipinski definition) is 1. The fourth-order valence-corrected chi connectivity index (χ4v) is 2.20. The summed E-state index contributed by atoms with van der Waals surface area (Å²) in [4.78, 5) is 0. The molecule has 1 aliphatic rings. The molecule has 13 heavy (non-hydrogen) atoms. The molecule has 0 radical (unpaired) electrons. The Labute approximate surface area is 88.0 Å². The van der Waals surface area contributed by atoms with Gasteiger partial charge in [-0.25, -0.2) is 0 Å². The molecule has 1 fully saturated rings. The second-order valence-corrected chi connectivity index (χ2v) is 4.20. The van der Waals surface area contributed by atoms with Crippen LogP contribution < -0.4 is 5.32 Å². The Kier molecular flexibility index (Phi) is 2.77. The minimum Gasteiger partial charge on any atom is -0.316 e. The third-order valence-electron chi connectivity index (χ3n) is 2.46. The quantitative estimate of drug-likeness (QED) is 0.760. The molecule has 0 spiro atoms. The lowest BCUT2D eigenvalue weighted by Crippen LogP contribution is -2.08. The van der Waals surface area contributed by atoms with Gasteiger partial charge in [-0.05, 0) is 42.6 Å². The van der Waals surface area contributed by atoms with Gasteiger partial charge in [0.1, 0.15) is 0 Å². The molecule has 1 atom stereocenters. The third-order valence-corrected chi connectivity index (χ3v) is 3.04. The Morgan fingerprint density at radius 3 is 2.85 bits per heavy atom. The summed E-state index contributed by atoms with van der Waals surface area (Å²) in [6.45, 7) is 2.09. The zero-order chi connectivity index (χ0) is 9.26. The van der Waals surface area contributed by atoms with Crippen LogP contribution in [0, 0.1) is 0 Å². The van der Waals surface area contributed by atoms with Crippen LogP contribution >= 0.6 is 23.2 Å². The van der Waals surface area contributed by atoms with Crippen molar-refractivity contribution in [1.82, 2.24) is 5.32 Å². The zero-order valence-electron chi connectivity index (χ0n) is 7.19. The summed E-state index contributed by atoms with van der Waals surface area (Å²) in [5.41, 5.74) is 1.18. The molecule has 3 heteroatoms. The molecular formula is C10H11Cl2N. The van der Waals surface area contributed by atoms with Gasteiger partial charge in [0.05, 0.1) is 0 Å². The van der Waals surface area contributed by atoms with Crippen molar-refractivity contribution >= 4 is 23.2 Å². The van der Waals surface area contributed by atoms with Crippen molar-refractivity contribution in [1.29, 1.82) is 0 Å². The Balaban J connectivity index is 2.32. The number of benzene rings is 1. The van der Waals surface area contributed by atoms with Crippen molar-refractivity contribution in [3.05, 3.63) is 33.8 Å². The third kappa shape index (κ3) is 1.98. The Morgan fingerprint density at radius 2 is 2.15 bits per heavy atom. The van der Waals surface area contributed by atoms with Gasteiger partial charge < -0.3 is 5.32 Å². The van der Waals surface area contributed by atoms with Crippen LogP contribution in [-0.2, 0) is 0 Å². The fraction of sp³-hybridized carbons (Fsp3) is 0.400. The summed E-state index contributed by atoms with van der Waals surface area (Å²) < 4.78 is 0. The van der Waals surface area contributed by atoms with E-state index >= 15 is 0 Å². The molecule has 1 aliphatic heterocycles. The molecule has 1 nitrogen and oxygen atoms in total. The lowest BCUT2D eigenvalue weighted by atomic mass is 9.98. The van der Waals surface area contributed by atoms with Crippen LogP contribution in [0.4, 0.5) is 0 Å². The normalized spacial score (nSPS) is 22.2. The van der Waals surface area contributed by atoms with Crippen LogP contribution in [0.3, 0.4) is 0 Å². The first-order chi connectivity index (χ1) is 6.27. The maximum absolute atomic E-state index is 6.09. The molecule has 0 bridgehead atoms. The van der Waals surface area contributed by atoms with Gasteiger partial charge in [0.25, 0.3) is 0 Å². The molecule has 0 amide bonds. The summed E-state index contributed by atoms with van der Waals surface area (Å²) in [5, 5.41) is 4.92. The van der Waals surface area contributed by atoms with Crippen LogP contribution in [0.2, 0.25) is 10.0 Å². The Bertz CT molecular complexity index is 306. The van der Waals surface area contributed by atoms with Gasteiger partial charge in [-0.15, -0.1) is 0 Å². The lowest BCUT2D eigenvalue weighted by Gasteiger charge is -2.10. The van der Waals surface area contributed by atoms with E-state index in [1.165, 1.54) is 5.56 Å². The molecule has 0 aliphatic carbocycles. The predicted octanol–water partition coefficient (Wildman–Crippen LogP) is 3.07. The van der Waals surface area contributed by atoms with E-state index in [0.717, 1.165) is 29.6 Å². The summed E-state index contributed by atoms with van der Waals surface area (Å²) in [6, 6.07) is 5.68. The standard InChI is InChI=1S/C10H11Cl2N/c11-8-1-2-10(12)9(5-8)7-3-4-13-6-7/h1-2,5,7,13H,3-4,6H2/t7-/m0/s1. The number of halogens is 2. The first kappa shape index (κ1) is 9.32. The van der Waals surface area contributed by atoms with Gasteiger partial charge >= 0.3 is 0 Å². The molecule has 1 heterocycles. The molecule has 0 saturated carbocycles. The average Bonchev–Trinajstić information content (AvgIpc) is 2.61. The number of hydrogen-bond donors (Lipinski definition) is 1. The summed E-state index contributed by atoms with van der Waals surface area (Å²) in [7, 11) is 0.